The molecule has 7 heteroatoms. The van der Waals surface area contributed by atoms with Crippen molar-refractivity contribution in [3.05, 3.63) is 24.3 Å². The Morgan fingerprint density at radius 3 is 2.41 bits per heavy atom. The topological polar surface area (TPSA) is 89.7 Å². The van der Waals surface area contributed by atoms with E-state index < -0.39 is 9.84 Å². The van der Waals surface area contributed by atoms with Crippen LogP contribution in [0.1, 0.15) is 19.3 Å². The summed E-state index contributed by atoms with van der Waals surface area (Å²) in [5.74, 6) is 0.701. The van der Waals surface area contributed by atoms with E-state index in [1.54, 1.807) is 24.1 Å². The summed E-state index contributed by atoms with van der Waals surface area (Å²) in [7, 11) is -1.42. The number of carbonyl (C=O) groups is 1. The standard InChI is InChI=1S/C15H24N2O4S/c1-17(15(18)5-3-10-16)11-4-12-21-13-6-8-14(9-7-13)22(2,19)20/h6-9H,3-5,10-12,16H2,1-2H3. The minimum atomic E-state index is -3.18. The van der Waals surface area contributed by atoms with E-state index in [2.05, 4.69) is 0 Å². The second-order valence-corrected chi connectivity index (χ2v) is 7.17. The number of rotatable bonds is 9. The Morgan fingerprint density at radius 2 is 1.86 bits per heavy atom. The van der Waals surface area contributed by atoms with Crippen molar-refractivity contribution in [2.24, 2.45) is 5.73 Å². The molecule has 0 fully saturated rings. The van der Waals surface area contributed by atoms with Gasteiger partial charge in [-0.2, -0.15) is 0 Å². The predicted octanol–water partition coefficient (Wildman–Crippen LogP) is 1.06. The molecule has 1 aromatic rings. The normalized spacial score (nSPS) is 11.2. The largest absolute Gasteiger partial charge is 0.494 e. The first kappa shape index (κ1) is 18.4. The molecule has 6 nitrogen and oxygen atoms in total. The van der Waals surface area contributed by atoms with Crippen LogP contribution >= 0.6 is 0 Å². The van der Waals surface area contributed by atoms with Crippen molar-refractivity contribution in [2.75, 3.05) is 33.0 Å². The maximum Gasteiger partial charge on any atom is 0.222 e. The molecule has 2 N–H and O–H groups in total. The van der Waals surface area contributed by atoms with Crippen LogP contribution in [-0.2, 0) is 14.6 Å². The van der Waals surface area contributed by atoms with Crippen molar-refractivity contribution >= 4 is 15.7 Å². The molecule has 22 heavy (non-hydrogen) atoms. The first-order valence-corrected chi connectivity index (χ1v) is 9.10. The van der Waals surface area contributed by atoms with Crippen molar-refractivity contribution in [2.45, 2.75) is 24.2 Å². The van der Waals surface area contributed by atoms with Crippen LogP contribution in [-0.4, -0.2) is 52.2 Å². The molecule has 0 aliphatic carbocycles. The Morgan fingerprint density at radius 1 is 1.23 bits per heavy atom. The fourth-order valence-corrected chi connectivity index (χ4v) is 2.47. The highest BCUT2D eigenvalue weighted by molar-refractivity contribution is 7.90. The van der Waals surface area contributed by atoms with Gasteiger partial charge in [-0.1, -0.05) is 0 Å². The molecule has 0 atom stereocenters. The highest BCUT2D eigenvalue weighted by Crippen LogP contribution is 2.15. The van der Waals surface area contributed by atoms with Crippen LogP contribution in [0.2, 0.25) is 0 Å². The van der Waals surface area contributed by atoms with Crippen LogP contribution in [0.15, 0.2) is 29.2 Å². The molecule has 0 radical (unpaired) electrons. The van der Waals surface area contributed by atoms with E-state index in [0.717, 1.165) is 0 Å². The number of sulfone groups is 1. The summed E-state index contributed by atoms with van der Waals surface area (Å²) in [5, 5.41) is 0. The third-order valence-electron chi connectivity index (χ3n) is 3.18. The Kier molecular flexibility index (Phi) is 7.34. The minimum absolute atomic E-state index is 0.0861. The Hall–Kier alpha value is -1.60. The third kappa shape index (κ3) is 6.44. The second kappa shape index (κ2) is 8.75. The lowest BCUT2D eigenvalue weighted by Gasteiger charge is -2.17. The van der Waals surface area contributed by atoms with Crippen molar-refractivity contribution < 1.29 is 17.9 Å². The number of hydrogen-bond donors (Lipinski definition) is 1. The monoisotopic (exact) mass is 328 g/mol. The highest BCUT2D eigenvalue weighted by Gasteiger charge is 2.08. The predicted molar refractivity (Wildman–Crippen MR) is 85.6 cm³/mol. The Bertz CT molecular complexity index is 570. The molecule has 0 saturated heterocycles. The number of amides is 1. The van der Waals surface area contributed by atoms with Crippen LogP contribution in [0.25, 0.3) is 0 Å². The van der Waals surface area contributed by atoms with Gasteiger partial charge in [0.1, 0.15) is 5.75 Å². The van der Waals surface area contributed by atoms with Crippen molar-refractivity contribution in [1.82, 2.24) is 4.90 Å². The van der Waals surface area contributed by atoms with E-state index in [1.165, 1.54) is 18.4 Å². The summed E-state index contributed by atoms with van der Waals surface area (Å²) in [4.78, 5) is 13.6. The zero-order valence-corrected chi connectivity index (χ0v) is 13.9. The molecule has 0 aromatic heterocycles. The van der Waals surface area contributed by atoms with E-state index in [4.69, 9.17) is 10.5 Å². The van der Waals surface area contributed by atoms with Crippen molar-refractivity contribution in [1.29, 1.82) is 0 Å². The summed E-state index contributed by atoms with van der Waals surface area (Å²) >= 11 is 0. The Labute approximate surface area is 132 Å². The smallest absolute Gasteiger partial charge is 0.222 e. The minimum Gasteiger partial charge on any atom is -0.494 e. The summed E-state index contributed by atoms with van der Waals surface area (Å²) < 4.78 is 28.2. The van der Waals surface area contributed by atoms with Crippen molar-refractivity contribution in [3.63, 3.8) is 0 Å². The quantitative estimate of drug-likeness (QED) is 0.685. The van der Waals surface area contributed by atoms with Gasteiger partial charge in [-0.15, -0.1) is 0 Å². The molecule has 1 rings (SSSR count). The number of benzene rings is 1. The first-order valence-electron chi connectivity index (χ1n) is 7.21. The van der Waals surface area contributed by atoms with E-state index in [0.29, 0.717) is 44.7 Å². The van der Waals surface area contributed by atoms with Crippen LogP contribution in [0.3, 0.4) is 0 Å². The van der Waals surface area contributed by atoms with E-state index in [-0.39, 0.29) is 10.8 Å². The first-order chi connectivity index (χ1) is 10.3. The average Bonchev–Trinajstić information content (AvgIpc) is 2.48. The molecule has 0 saturated carbocycles. The number of carbonyl (C=O) groups excluding carboxylic acids is 1. The van der Waals surface area contributed by atoms with Gasteiger partial charge in [-0.3, -0.25) is 4.79 Å². The average molecular weight is 328 g/mol. The molecule has 0 spiro atoms. The third-order valence-corrected chi connectivity index (χ3v) is 4.31. The molecule has 0 aliphatic heterocycles. The van der Waals surface area contributed by atoms with E-state index in [9.17, 15) is 13.2 Å². The van der Waals surface area contributed by atoms with Crippen LogP contribution in [0.4, 0.5) is 0 Å². The van der Waals surface area contributed by atoms with Gasteiger partial charge in [0.25, 0.3) is 0 Å². The lowest BCUT2D eigenvalue weighted by Crippen LogP contribution is -2.28. The molecule has 124 valence electrons. The molecule has 0 unspecified atom stereocenters. The molecular formula is C15H24N2O4S. The maximum absolute atomic E-state index is 11.7. The number of ether oxygens (including phenoxy) is 1. The van der Waals surface area contributed by atoms with Crippen LogP contribution < -0.4 is 10.5 Å². The summed E-state index contributed by atoms with van der Waals surface area (Å²) in [6, 6.07) is 6.30. The Balaban J connectivity index is 2.31. The van der Waals surface area contributed by atoms with Gasteiger partial charge in [0.05, 0.1) is 11.5 Å². The molecule has 0 aliphatic rings. The zero-order valence-electron chi connectivity index (χ0n) is 13.1. The van der Waals surface area contributed by atoms with Gasteiger partial charge >= 0.3 is 0 Å². The molecule has 1 aromatic carbocycles. The van der Waals surface area contributed by atoms with Gasteiger partial charge in [-0.05, 0) is 43.7 Å². The molecule has 0 heterocycles. The second-order valence-electron chi connectivity index (χ2n) is 5.15. The van der Waals surface area contributed by atoms with Gasteiger partial charge < -0.3 is 15.4 Å². The van der Waals surface area contributed by atoms with E-state index >= 15 is 0 Å². The molecular weight excluding hydrogens is 304 g/mol. The van der Waals surface area contributed by atoms with E-state index in [1.807, 2.05) is 0 Å². The fourth-order valence-electron chi connectivity index (χ4n) is 1.84. The summed E-state index contributed by atoms with van der Waals surface area (Å²) in [6.07, 6.45) is 3.05. The highest BCUT2D eigenvalue weighted by atomic mass is 32.2. The van der Waals surface area contributed by atoms with Crippen LogP contribution in [0.5, 0.6) is 5.75 Å². The van der Waals surface area contributed by atoms with Gasteiger partial charge in [0.2, 0.25) is 5.91 Å². The molecule has 1 amide bonds. The van der Waals surface area contributed by atoms with Crippen LogP contribution in [0, 0.1) is 0 Å². The van der Waals surface area contributed by atoms with Crippen molar-refractivity contribution in [3.8, 4) is 5.75 Å². The van der Waals surface area contributed by atoms with Gasteiger partial charge in [-0.25, -0.2) is 8.42 Å². The number of nitrogens with zero attached hydrogens (tertiary/aromatic N) is 1. The number of hydrogen-bond acceptors (Lipinski definition) is 5. The summed E-state index contributed by atoms with van der Waals surface area (Å²) in [6.45, 7) is 1.60. The fraction of sp³-hybridized carbons (Fsp3) is 0.533. The summed E-state index contributed by atoms with van der Waals surface area (Å²) in [5.41, 5.74) is 5.37. The lowest BCUT2D eigenvalue weighted by atomic mass is 10.2. The number of nitrogens with two attached hydrogens (primary N) is 1. The maximum atomic E-state index is 11.7. The zero-order chi connectivity index (χ0) is 16.6. The SMILES string of the molecule is CN(CCCOc1ccc(S(C)(=O)=O)cc1)C(=O)CCCN. The van der Waals surface area contributed by atoms with Gasteiger partial charge in [0.15, 0.2) is 9.84 Å². The molecule has 0 bridgehead atoms. The lowest BCUT2D eigenvalue weighted by molar-refractivity contribution is -0.130. The van der Waals surface area contributed by atoms with Gasteiger partial charge in [0, 0.05) is 26.3 Å².